The van der Waals surface area contributed by atoms with E-state index in [-0.39, 0.29) is 12.0 Å². The predicted molar refractivity (Wildman–Crippen MR) is 140 cm³/mol. The van der Waals surface area contributed by atoms with Gasteiger partial charge in [0.2, 0.25) is 0 Å². The van der Waals surface area contributed by atoms with E-state index in [0.717, 1.165) is 47.1 Å². The van der Waals surface area contributed by atoms with Crippen molar-refractivity contribution in [3.63, 3.8) is 0 Å². The van der Waals surface area contributed by atoms with E-state index in [4.69, 9.17) is 4.98 Å². The second-order valence-electron chi connectivity index (χ2n) is 9.48. The van der Waals surface area contributed by atoms with E-state index in [1.807, 2.05) is 41.2 Å². The molecule has 1 aliphatic heterocycles. The Bertz CT molecular complexity index is 1250. The van der Waals surface area contributed by atoms with E-state index in [1.165, 1.54) is 5.56 Å². The zero-order valence-corrected chi connectivity index (χ0v) is 20.3. The SMILES string of the molecule is CC(C)c1cnn2c(NCc3ccc(-c4ccccn4)cc3)cc(NC[C@H]3CCNC[C@@H]3O)nc12. The van der Waals surface area contributed by atoms with Gasteiger partial charge in [-0.15, -0.1) is 0 Å². The smallest absolute Gasteiger partial charge is 0.163 e. The van der Waals surface area contributed by atoms with Crippen molar-refractivity contribution >= 4 is 17.3 Å². The molecule has 1 aromatic carbocycles. The largest absolute Gasteiger partial charge is 0.391 e. The molecule has 3 aromatic heterocycles. The monoisotopic (exact) mass is 471 g/mol. The number of hydrogen-bond acceptors (Lipinski definition) is 7. The number of aliphatic hydroxyl groups excluding tert-OH is 1. The molecule has 35 heavy (non-hydrogen) atoms. The molecule has 0 aliphatic carbocycles. The molecule has 5 rings (SSSR count). The molecule has 182 valence electrons. The number of nitrogens with zero attached hydrogens (tertiary/aromatic N) is 4. The average Bonchev–Trinajstić information content (AvgIpc) is 3.32. The molecule has 0 spiro atoms. The molecule has 0 amide bonds. The van der Waals surface area contributed by atoms with Gasteiger partial charge in [0.1, 0.15) is 11.6 Å². The van der Waals surface area contributed by atoms with Gasteiger partial charge >= 0.3 is 0 Å². The van der Waals surface area contributed by atoms with Gasteiger partial charge in [0, 0.05) is 48.9 Å². The van der Waals surface area contributed by atoms with Crippen LogP contribution in [-0.2, 0) is 6.54 Å². The number of aromatic nitrogens is 4. The maximum Gasteiger partial charge on any atom is 0.163 e. The van der Waals surface area contributed by atoms with E-state index >= 15 is 0 Å². The highest BCUT2D eigenvalue weighted by atomic mass is 16.3. The Morgan fingerprint density at radius 3 is 2.74 bits per heavy atom. The Balaban J connectivity index is 1.35. The van der Waals surface area contributed by atoms with Gasteiger partial charge in [-0.05, 0) is 36.6 Å². The summed E-state index contributed by atoms with van der Waals surface area (Å²) in [6, 6.07) is 16.4. The fraction of sp³-hybridized carbons (Fsp3) is 0.370. The Kier molecular flexibility index (Phi) is 6.92. The van der Waals surface area contributed by atoms with Crippen molar-refractivity contribution in [3.8, 4) is 11.3 Å². The molecule has 0 radical (unpaired) electrons. The number of hydrogen-bond donors (Lipinski definition) is 4. The van der Waals surface area contributed by atoms with Gasteiger partial charge in [0.25, 0.3) is 0 Å². The summed E-state index contributed by atoms with van der Waals surface area (Å²) in [6.07, 6.45) is 4.32. The summed E-state index contributed by atoms with van der Waals surface area (Å²) in [5, 5.41) is 25.2. The third-order valence-electron chi connectivity index (χ3n) is 6.64. The lowest BCUT2D eigenvalue weighted by Crippen LogP contribution is -2.43. The van der Waals surface area contributed by atoms with Crippen molar-refractivity contribution in [1.29, 1.82) is 0 Å². The first kappa shape index (κ1) is 23.3. The van der Waals surface area contributed by atoms with Crippen LogP contribution < -0.4 is 16.0 Å². The Labute approximate surface area is 205 Å². The molecular weight excluding hydrogens is 438 g/mol. The van der Waals surface area contributed by atoms with Crippen LogP contribution in [0.25, 0.3) is 16.9 Å². The van der Waals surface area contributed by atoms with Crippen LogP contribution in [0.5, 0.6) is 0 Å². The number of anilines is 2. The number of fused-ring (bicyclic) bond motifs is 1. The van der Waals surface area contributed by atoms with Crippen molar-refractivity contribution in [3.05, 3.63) is 72.1 Å². The highest BCUT2D eigenvalue weighted by Crippen LogP contribution is 2.25. The predicted octanol–water partition coefficient (Wildman–Crippen LogP) is 3.91. The highest BCUT2D eigenvalue weighted by molar-refractivity contribution is 5.62. The Morgan fingerprint density at radius 2 is 2.00 bits per heavy atom. The van der Waals surface area contributed by atoms with Crippen LogP contribution in [-0.4, -0.2) is 50.4 Å². The molecule has 8 nitrogen and oxygen atoms in total. The van der Waals surface area contributed by atoms with Gasteiger partial charge in [-0.1, -0.05) is 44.2 Å². The minimum atomic E-state index is -0.340. The van der Waals surface area contributed by atoms with Crippen LogP contribution in [0, 0.1) is 5.92 Å². The number of benzene rings is 1. The number of rotatable bonds is 8. The summed E-state index contributed by atoms with van der Waals surface area (Å²) in [5.41, 5.74) is 5.19. The van der Waals surface area contributed by atoms with Gasteiger partial charge in [-0.25, -0.2) is 4.98 Å². The van der Waals surface area contributed by atoms with E-state index in [9.17, 15) is 5.11 Å². The van der Waals surface area contributed by atoms with Gasteiger partial charge in [0.05, 0.1) is 18.0 Å². The maximum absolute atomic E-state index is 10.3. The first-order valence-corrected chi connectivity index (χ1v) is 12.3. The zero-order chi connectivity index (χ0) is 24.2. The summed E-state index contributed by atoms with van der Waals surface area (Å²) >= 11 is 0. The standard InChI is InChI=1S/C27H33N7O/c1-18(2)22-16-32-34-26(13-25(33-27(22)34)30-15-21-10-12-28-17-24(21)35)31-14-19-6-8-20(9-7-19)23-5-3-4-11-29-23/h3-9,11,13,16,18,21,24,28,31,35H,10,12,14-15,17H2,1-2H3,(H,30,33)/t21-,24+/m1/s1. The van der Waals surface area contributed by atoms with Crippen LogP contribution in [0.4, 0.5) is 11.6 Å². The van der Waals surface area contributed by atoms with E-state index in [1.54, 1.807) is 0 Å². The quantitative estimate of drug-likeness (QED) is 0.309. The minimum absolute atomic E-state index is 0.206. The Hall–Kier alpha value is -3.49. The van der Waals surface area contributed by atoms with Gasteiger partial charge < -0.3 is 21.1 Å². The number of piperidine rings is 1. The van der Waals surface area contributed by atoms with E-state index < -0.39 is 0 Å². The molecule has 1 aliphatic rings. The minimum Gasteiger partial charge on any atom is -0.391 e. The lowest BCUT2D eigenvalue weighted by molar-refractivity contribution is 0.0883. The van der Waals surface area contributed by atoms with Gasteiger partial charge in [-0.2, -0.15) is 9.61 Å². The number of pyridine rings is 1. The van der Waals surface area contributed by atoms with Crippen molar-refractivity contribution in [2.45, 2.75) is 38.8 Å². The van der Waals surface area contributed by atoms with Crippen LogP contribution in [0.3, 0.4) is 0 Å². The third kappa shape index (κ3) is 5.28. The Morgan fingerprint density at radius 1 is 1.14 bits per heavy atom. The van der Waals surface area contributed by atoms with Crippen LogP contribution >= 0.6 is 0 Å². The lowest BCUT2D eigenvalue weighted by Gasteiger charge is -2.28. The van der Waals surface area contributed by atoms with Crippen molar-refractivity contribution in [1.82, 2.24) is 24.9 Å². The molecule has 0 bridgehead atoms. The molecule has 4 heterocycles. The van der Waals surface area contributed by atoms with E-state index in [2.05, 4.69) is 64.1 Å². The molecule has 4 aromatic rings. The normalized spacial score (nSPS) is 18.2. The van der Waals surface area contributed by atoms with Crippen LogP contribution in [0.1, 0.15) is 37.3 Å². The van der Waals surface area contributed by atoms with Crippen molar-refractivity contribution in [2.24, 2.45) is 5.92 Å². The average molecular weight is 472 g/mol. The van der Waals surface area contributed by atoms with E-state index in [0.29, 0.717) is 25.6 Å². The topological polar surface area (TPSA) is 99.4 Å². The number of β-amino-alcohol motifs (C(OH)–C–C–N with tert-alkyl or cyclic N) is 1. The lowest BCUT2D eigenvalue weighted by atomic mass is 9.95. The second kappa shape index (κ2) is 10.4. The molecule has 2 atom stereocenters. The highest BCUT2D eigenvalue weighted by Gasteiger charge is 2.23. The summed E-state index contributed by atoms with van der Waals surface area (Å²) in [4.78, 5) is 9.30. The molecule has 0 unspecified atom stereocenters. The zero-order valence-electron chi connectivity index (χ0n) is 20.3. The van der Waals surface area contributed by atoms with Crippen molar-refractivity contribution in [2.75, 3.05) is 30.3 Å². The molecule has 4 N–H and O–H groups in total. The fourth-order valence-electron chi connectivity index (χ4n) is 4.49. The summed E-state index contributed by atoms with van der Waals surface area (Å²) in [6.45, 7) is 7.23. The summed E-state index contributed by atoms with van der Waals surface area (Å²) in [5.74, 6) is 2.19. The second-order valence-corrected chi connectivity index (χ2v) is 9.48. The summed E-state index contributed by atoms with van der Waals surface area (Å²) < 4.78 is 1.88. The number of nitrogens with one attached hydrogen (secondary N) is 3. The van der Waals surface area contributed by atoms with Crippen molar-refractivity contribution < 1.29 is 5.11 Å². The van der Waals surface area contributed by atoms with Gasteiger partial charge in [0.15, 0.2) is 5.65 Å². The molecular formula is C27H33N7O. The fourth-order valence-corrected chi connectivity index (χ4v) is 4.49. The summed E-state index contributed by atoms with van der Waals surface area (Å²) in [7, 11) is 0. The molecule has 8 heteroatoms. The number of aliphatic hydroxyl groups is 1. The first-order chi connectivity index (χ1) is 17.1. The van der Waals surface area contributed by atoms with Crippen LogP contribution in [0.15, 0.2) is 60.9 Å². The maximum atomic E-state index is 10.3. The van der Waals surface area contributed by atoms with Gasteiger partial charge in [-0.3, -0.25) is 4.98 Å². The third-order valence-corrected chi connectivity index (χ3v) is 6.64. The molecule has 0 saturated carbocycles. The van der Waals surface area contributed by atoms with Crippen LogP contribution in [0.2, 0.25) is 0 Å². The molecule has 1 fully saturated rings. The first-order valence-electron chi connectivity index (χ1n) is 12.3. The molecule has 1 saturated heterocycles.